The van der Waals surface area contributed by atoms with Crippen molar-refractivity contribution in [1.29, 1.82) is 5.26 Å². The number of rotatable bonds is 6. The summed E-state index contributed by atoms with van der Waals surface area (Å²) < 4.78 is 5.49. The van der Waals surface area contributed by atoms with Crippen LogP contribution >= 0.6 is 0 Å². The van der Waals surface area contributed by atoms with Crippen LogP contribution < -0.4 is 10.4 Å². The molecule has 7 nitrogen and oxygen atoms in total. The lowest BCUT2D eigenvalue weighted by Gasteiger charge is -2.32. The van der Waals surface area contributed by atoms with Gasteiger partial charge < -0.3 is 4.74 Å². The highest BCUT2D eigenvalue weighted by Crippen LogP contribution is 2.20. The van der Waals surface area contributed by atoms with Crippen LogP contribution in [0.25, 0.3) is 0 Å². The maximum atomic E-state index is 12.2. The van der Waals surface area contributed by atoms with Gasteiger partial charge in [-0.15, -0.1) is 0 Å². The number of nitrogens with one attached hydrogen (secondary N) is 1. The highest BCUT2D eigenvalue weighted by molar-refractivity contribution is 5.70. The minimum absolute atomic E-state index is 0.0499. The first-order chi connectivity index (χ1) is 10.7. The fourth-order valence-electron chi connectivity index (χ4n) is 1.60. The summed E-state index contributed by atoms with van der Waals surface area (Å²) in [6.07, 6.45) is 0.931. The Morgan fingerprint density at radius 1 is 1.43 bits per heavy atom. The van der Waals surface area contributed by atoms with E-state index < -0.39 is 11.7 Å². The largest absolute Gasteiger partial charge is 0.442 e. The maximum absolute atomic E-state index is 12.2. The number of nitriles is 1. The minimum atomic E-state index is -0.586. The Bertz CT molecular complexity index is 578. The summed E-state index contributed by atoms with van der Waals surface area (Å²) in [7, 11) is 0. The molecule has 1 N–H and O–H groups in total. The Morgan fingerprint density at radius 2 is 2.09 bits per heavy atom. The van der Waals surface area contributed by atoms with E-state index in [0.29, 0.717) is 12.4 Å². The van der Waals surface area contributed by atoms with Gasteiger partial charge >= 0.3 is 6.09 Å². The number of hydrogen-bond acceptors (Lipinski definition) is 6. The molecule has 126 valence electrons. The van der Waals surface area contributed by atoms with Crippen LogP contribution in [0.4, 0.5) is 10.6 Å². The first-order valence-electron chi connectivity index (χ1n) is 7.66. The van der Waals surface area contributed by atoms with Crippen LogP contribution in [0.3, 0.4) is 0 Å². The average molecular weight is 319 g/mol. The number of anilines is 1. The summed E-state index contributed by atoms with van der Waals surface area (Å²) in [4.78, 5) is 20.2. The van der Waals surface area contributed by atoms with Crippen molar-refractivity contribution < 1.29 is 9.53 Å². The number of ether oxygens (including phenoxy) is 1. The molecule has 1 rings (SSSR count). The highest BCUT2D eigenvalue weighted by Gasteiger charge is 2.28. The molecule has 1 amide bonds. The zero-order valence-electron chi connectivity index (χ0n) is 14.6. The molecule has 0 atom stereocenters. The normalized spacial score (nSPS) is 11.3. The molecule has 0 saturated carbocycles. The summed E-state index contributed by atoms with van der Waals surface area (Å²) in [6, 6.07) is 3.53. The Kier molecular flexibility index (Phi) is 6.31. The lowest BCUT2D eigenvalue weighted by atomic mass is 9.95. The Morgan fingerprint density at radius 3 is 2.61 bits per heavy atom. The highest BCUT2D eigenvalue weighted by atomic mass is 16.6. The first-order valence-corrected chi connectivity index (χ1v) is 7.66. The standard InChI is InChI=1S/C16H25N5O2/c1-11(2)10-21(14-7-8-18-13(9-17)19-14)20-15(22)23-16(5,6)12(3)4/h7-8,11-12H,10H2,1-6H3,(H,20,22). The number of hydrogen-bond donors (Lipinski definition) is 1. The summed E-state index contributed by atoms with van der Waals surface area (Å²) in [5, 5.41) is 10.5. The molecule has 1 heterocycles. The van der Waals surface area contributed by atoms with E-state index in [-0.39, 0.29) is 17.7 Å². The van der Waals surface area contributed by atoms with Crippen molar-refractivity contribution in [3.63, 3.8) is 0 Å². The third-order valence-electron chi connectivity index (χ3n) is 3.54. The van der Waals surface area contributed by atoms with Gasteiger partial charge in [-0.05, 0) is 25.7 Å². The molecule has 0 fully saturated rings. The first kappa shape index (κ1) is 18.7. The summed E-state index contributed by atoms with van der Waals surface area (Å²) >= 11 is 0. The van der Waals surface area contributed by atoms with Gasteiger partial charge in [-0.25, -0.2) is 15.2 Å². The molecule has 0 aromatic carbocycles. The van der Waals surface area contributed by atoms with Gasteiger partial charge in [0, 0.05) is 18.8 Å². The fraction of sp³-hybridized carbons (Fsp3) is 0.625. The molecular weight excluding hydrogens is 294 g/mol. The van der Waals surface area contributed by atoms with Gasteiger partial charge in [0.25, 0.3) is 0 Å². The van der Waals surface area contributed by atoms with Crippen LogP contribution in [0.2, 0.25) is 0 Å². The minimum Gasteiger partial charge on any atom is -0.442 e. The molecule has 0 unspecified atom stereocenters. The van der Waals surface area contributed by atoms with E-state index in [1.807, 2.05) is 47.6 Å². The van der Waals surface area contributed by atoms with E-state index in [1.54, 1.807) is 11.1 Å². The number of carbonyl (C=O) groups excluding carboxylic acids is 1. The van der Waals surface area contributed by atoms with Gasteiger partial charge in [0.1, 0.15) is 11.7 Å². The third-order valence-corrected chi connectivity index (χ3v) is 3.54. The fourth-order valence-corrected chi connectivity index (χ4v) is 1.60. The molecule has 1 aromatic rings. The van der Waals surface area contributed by atoms with Crippen LogP contribution in [-0.2, 0) is 4.74 Å². The topological polar surface area (TPSA) is 91.1 Å². The van der Waals surface area contributed by atoms with E-state index in [0.717, 1.165) is 0 Å². The zero-order chi connectivity index (χ0) is 17.6. The number of nitrogens with zero attached hydrogens (tertiary/aromatic N) is 4. The van der Waals surface area contributed by atoms with Gasteiger partial charge in [-0.2, -0.15) is 10.2 Å². The number of carbonyl (C=O) groups is 1. The van der Waals surface area contributed by atoms with E-state index in [9.17, 15) is 4.79 Å². The van der Waals surface area contributed by atoms with Crippen molar-refractivity contribution in [2.75, 3.05) is 11.6 Å². The summed E-state index contributed by atoms with van der Waals surface area (Å²) in [5.41, 5.74) is 2.11. The van der Waals surface area contributed by atoms with E-state index >= 15 is 0 Å². The van der Waals surface area contributed by atoms with Crippen LogP contribution in [0.5, 0.6) is 0 Å². The van der Waals surface area contributed by atoms with Crippen LogP contribution in [0.15, 0.2) is 12.3 Å². The van der Waals surface area contributed by atoms with Crippen molar-refractivity contribution in [3.05, 3.63) is 18.1 Å². The van der Waals surface area contributed by atoms with Crippen molar-refractivity contribution >= 4 is 11.9 Å². The number of amides is 1. The number of hydrazine groups is 1. The quantitative estimate of drug-likeness (QED) is 0.811. The SMILES string of the molecule is CC(C)CN(NC(=O)OC(C)(C)C(C)C)c1ccnc(C#N)n1. The van der Waals surface area contributed by atoms with Crippen LogP contribution in [-0.4, -0.2) is 28.2 Å². The smallest absolute Gasteiger partial charge is 0.426 e. The van der Waals surface area contributed by atoms with Gasteiger partial charge in [-0.3, -0.25) is 5.01 Å². The second-order valence-electron chi connectivity index (χ2n) is 6.61. The van der Waals surface area contributed by atoms with Crippen molar-refractivity contribution in [1.82, 2.24) is 15.4 Å². The van der Waals surface area contributed by atoms with Gasteiger partial charge in [0.2, 0.25) is 5.82 Å². The molecule has 0 spiro atoms. The van der Waals surface area contributed by atoms with Crippen molar-refractivity contribution in [2.45, 2.75) is 47.1 Å². The second-order valence-corrected chi connectivity index (χ2v) is 6.61. The van der Waals surface area contributed by atoms with E-state index in [1.165, 1.54) is 6.20 Å². The molecule has 1 aromatic heterocycles. The third kappa shape index (κ3) is 5.74. The predicted octanol–water partition coefficient (Wildman–Crippen LogP) is 2.89. The molecular formula is C16H25N5O2. The van der Waals surface area contributed by atoms with E-state index in [4.69, 9.17) is 10.00 Å². The molecule has 23 heavy (non-hydrogen) atoms. The summed E-state index contributed by atoms with van der Waals surface area (Å²) in [6.45, 7) is 12.3. The maximum Gasteiger partial charge on any atom is 0.426 e. The Hall–Kier alpha value is -2.36. The predicted molar refractivity (Wildman–Crippen MR) is 87.5 cm³/mol. The van der Waals surface area contributed by atoms with Gasteiger partial charge in [-0.1, -0.05) is 27.7 Å². The number of aromatic nitrogens is 2. The molecule has 0 saturated heterocycles. The van der Waals surface area contributed by atoms with Crippen molar-refractivity contribution in [2.24, 2.45) is 11.8 Å². The van der Waals surface area contributed by atoms with Crippen LogP contribution in [0.1, 0.15) is 47.4 Å². The Labute approximate surface area is 137 Å². The lowest BCUT2D eigenvalue weighted by molar-refractivity contribution is 0.00466. The Balaban J connectivity index is 2.91. The summed E-state index contributed by atoms with van der Waals surface area (Å²) in [5.74, 6) is 0.948. The van der Waals surface area contributed by atoms with E-state index in [2.05, 4.69) is 15.4 Å². The van der Waals surface area contributed by atoms with Crippen LogP contribution in [0, 0.1) is 23.2 Å². The van der Waals surface area contributed by atoms with Crippen molar-refractivity contribution in [3.8, 4) is 6.07 Å². The average Bonchev–Trinajstić information content (AvgIpc) is 2.45. The molecule has 0 bridgehead atoms. The van der Waals surface area contributed by atoms with Gasteiger partial charge in [0.15, 0.2) is 5.82 Å². The molecule has 7 heteroatoms. The molecule has 0 aliphatic rings. The van der Waals surface area contributed by atoms with Gasteiger partial charge in [0.05, 0.1) is 0 Å². The molecule has 0 aliphatic carbocycles. The lowest BCUT2D eigenvalue weighted by Crippen LogP contribution is -2.48. The molecule has 0 radical (unpaired) electrons. The second kappa shape index (κ2) is 7.77. The zero-order valence-corrected chi connectivity index (χ0v) is 14.6. The molecule has 0 aliphatic heterocycles. The monoisotopic (exact) mass is 319 g/mol.